The maximum Gasteiger partial charge on any atom is 0.416 e. The first kappa shape index (κ1) is 29.2. The summed E-state index contributed by atoms with van der Waals surface area (Å²) in [6.07, 6.45) is -5.78. The van der Waals surface area contributed by atoms with E-state index in [9.17, 15) is 23.1 Å². The van der Waals surface area contributed by atoms with Crippen LogP contribution in [0.1, 0.15) is 40.7 Å². The molecule has 0 aliphatic carbocycles. The number of ketones is 1. The number of anilines is 1. The molecular formula is C32H35F4N3O2. The smallest absolute Gasteiger partial charge is 0.385 e. The number of benzene rings is 3. The summed E-state index contributed by atoms with van der Waals surface area (Å²) in [7, 11) is 0. The molecule has 3 aromatic carbocycles. The number of likely N-dealkylation sites (tertiary alicyclic amines) is 1. The summed E-state index contributed by atoms with van der Waals surface area (Å²) in [5, 5.41) is 11.2. The van der Waals surface area contributed by atoms with E-state index >= 15 is 4.39 Å². The van der Waals surface area contributed by atoms with Crippen LogP contribution in [0.2, 0.25) is 0 Å². The van der Waals surface area contributed by atoms with Crippen molar-refractivity contribution in [1.29, 1.82) is 0 Å². The first-order chi connectivity index (χ1) is 19.6. The van der Waals surface area contributed by atoms with Crippen molar-refractivity contribution in [3.05, 3.63) is 102 Å². The zero-order valence-corrected chi connectivity index (χ0v) is 22.8. The number of rotatable bonds is 8. The van der Waals surface area contributed by atoms with Crippen molar-refractivity contribution < 1.29 is 27.5 Å². The molecule has 3 aromatic rings. The second kappa shape index (κ2) is 12.3. The lowest BCUT2D eigenvalue weighted by Crippen LogP contribution is -2.55. The van der Waals surface area contributed by atoms with Crippen LogP contribution in [0.4, 0.5) is 23.2 Å². The van der Waals surface area contributed by atoms with Gasteiger partial charge in [0.25, 0.3) is 0 Å². The molecule has 0 saturated carbocycles. The van der Waals surface area contributed by atoms with Gasteiger partial charge >= 0.3 is 6.18 Å². The summed E-state index contributed by atoms with van der Waals surface area (Å²) in [4.78, 5) is 19.5. The minimum atomic E-state index is -4.51. The van der Waals surface area contributed by atoms with Crippen molar-refractivity contribution in [2.24, 2.45) is 0 Å². The number of piperidine rings is 1. The summed E-state index contributed by atoms with van der Waals surface area (Å²) in [5.41, 5.74) is -0.444. The highest BCUT2D eigenvalue weighted by Gasteiger charge is 2.40. The number of para-hydroxylation sites is 1. The fourth-order valence-electron chi connectivity index (χ4n) is 5.93. The molecule has 0 spiro atoms. The molecule has 0 amide bonds. The number of carbonyl (C=O) groups is 1. The molecule has 2 aliphatic rings. The number of halogens is 4. The number of hydrogen-bond acceptors (Lipinski definition) is 5. The lowest BCUT2D eigenvalue weighted by molar-refractivity contribution is -0.137. The summed E-state index contributed by atoms with van der Waals surface area (Å²) < 4.78 is 55.6. The van der Waals surface area contributed by atoms with Crippen molar-refractivity contribution >= 4 is 11.5 Å². The molecule has 0 aromatic heterocycles. The number of alkyl halides is 4. The largest absolute Gasteiger partial charge is 0.416 e. The van der Waals surface area contributed by atoms with E-state index in [1.165, 1.54) is 12.1 Å². The number of nitrogens with zero attached hydrogens (tertiary/aromatic N) is 3. The average Bonchev–Trinajstić information content (AvgIpc) is 3.00. The van der Waals surface area contributed by atoms with E-state index in [-0.39, 0.29) is 43.7 Å². The van der Waals surface area contributed by atoms with Crippen LogP contribution in [0.3, 0.4) is 0 Å². The molecule has 9 heteroatoms. The Morgan fingerprint density at radius 2 is 1.41 bits per heavy atom. The SMILES string of the molecule is O=C(c1ccccc1)C(CC(F)N1CCC(O)(c2cccc(C(F)(F)F)c2)CC1)N1CCN(c2ccccc2)CC1. The quantitative estimate of drug-likeness (QED) is 0.213. The third-order valence-corrected chi connectivity index (χ3v) is 8.40. The van der Waals surface area contributed by atoms with Crippen molar-refractivity contribution in [3.8, 4) is 0 Å². The van der Waals surface area contributed by atoms with E-state index in [0.717, 1.165) is 17.8 Å². The van der Waals surface area contributed by atoms with Gasteiger partial charge in [-0.1, -0.05) is 60.7 Å². The standard InChI is InChI=1S/C32H35F4N3O2/c33-29(39-16-14-31(41,15-17-39)25-10-7-11-26(22-25)32(34,35)36)23-28(30(40)24-8-3-1-4-9-24)38-20-18-37(19-21-38)27-12-5-2-6-13-27/h1-13,22,28-29,41H,14-21,23H2. The highest BCUT2D eigenvalue weighted by atomic mass is 19.4. The molecule has 2 saturated heterocycles. The number of Topliss-reactive ketones (excluding diaryl/α,β-unsaturated/α-hetero) is 1. The average molecular weight is 570 g/mol. The number of piperazine rings is 1. The lowest BCUT2D eigenvalue weighted by Gasteiger charge is -2.43. The highest BCUT2D eigenvalue weighted by Crippen LogP contribution is 2.37. The maximum atomic E-state index is 15.9. The van der Waals surface area contributed by atoms with Gasteiger partial charge in [-0.25, -0.2) is 4.39 Å². The fraction of sp³-hybridized carbons (Fsp3) is 0.406. The number of hydrogen-bond donors (Lipinski definition) is 1. The highest BCUT2D eigenvalue weighted by molar-refractivity contribution is 6.00. The molecule has 0 radical (unpaired) electrons. The fourth-order valence-corrected chi connectivity index (χ4v) is 5.93. The van der Waals surface area contributed by atoms with E-state index < -0.39 is 29.7 Å². The molecule has 2 fully saturated rings. The second-order valence-electron chi connectivity index (χ2n) is 10.9. The Labute approximate surface area is 238 Å². The molecule has 5 rings (SSSR count). The van der Waals surface area contributed by atoms with Crippen LogP contribution in [0.15, 0.2) is 84.9 Å². The molecule has 0 bridgehead atoms. The maximum absolute atomic E-state index is 15.9. The topological polar surface area (TPSA) is 47.0 Å². The Morgan fingerprint density at radius 1 is 0.805 bits per heavy atom. The van der Waals surface area contributed by atoms with Crippen LogP contribution in [0.5, 0.6) is 0 Å². The number of carbonyl (C=O) groups excluding carboxylic acids is 1. The van der Waals surface area contributed by atoms with Gasteiger partial charge in [-0.3, -0.25) is 14.6 Å². The minimum Gasteiger partial charge on any atom is -0.385 e. The summed E-state index contributed by atoms with van der Waals surface area (Å²) in [5.74, 6) is -0.126. The van der Waals surface area contributed by atoms with E-state index in [2.05, 4.69) is 21.9 Å². The molecule has 1 N–H and O–H groups in total. The zero-order valence-electron chi connectivity index (χ0n) is 22.8. The first-order valence-electron chi connectivity index (χ1n) is 14.1. The molecule has 5 nitrogen and oxygen atoms in total. The van der Waals surface area contributed by atoms with Gasteiger partial charge in [0, 0.05) is 56.9 Å². The van der Waals surface area contributed by atoms with Crippen molar-refractivity contribution in [2.45, 2.75) is 43.4 Å². The summed E-state index contributed by atoms with van der Waals surface area (Å²) in [6, 6.07) is 23.1. The van der Waals surface area contributed by atoms with E-state index in [1.807, 2.05) is 24.3 Å². The van der Waals surface area contributed by atoms with Gasteiger partial charge in [-0.15, -0.1) is 0 Å². The van der Waals surface area contributed by atoms with E-state index in [4.69, 9.17) is 0 Å². The predicted octanol–water partition coefficient (Wildman–Crippen LogP) is 5.75. The van der Waals surface area contributed by atoms with Crippen LogP contribution in [0.25, 0.3) is 0 Å². The van der Waals surface area contributed by atoms with Crippen LogP contribution in [-0.2, 0) is 11.8 Å². The van der Waals surface area contributed by atoms with Gasteiger partial charge in [0.2, 0.25) is 0 Å². The van der Waals surface area contributed by atoms with Gasteiger partial charge < -0.3 is 10.0 Å². The third kappa shape index (κ3) is 6.80. The van der Waals surface area contributed by atoms with Gasteiger partial charge in [-0.2, -0.15) is 13.2 Å². The molecule has 2 aliphatic heterocycles. The predicted molar refractivity (Wildman–Crippen MR) is 150 cm³/mol. The minimum absolute atomic E-state index is 0.0267. The molecule has 41 heavy (non-hydrogen) atoms. The van der Waals surface area contributed by atoms with Gasteiger partial charge in [0.15, 0.2) is 12.1 Å². The van der Waals surface area contributed by atoms with E-state index in [1.54, 1.807) is 29.2 Å². The first-order valence-corrected chi connectivity index (χ1v) is 14.1. The molecule has 2 unspecified atom stereocenters. The lowest BCUT2D eigenvalue weighted by atomic mass is 9.83. The summed E-state index contributed by atoms with van der Waals surface area (Å²) >= 11 is 0. The Kier molecular flexibility index (Phi) is 8.77. The normalized spacial score (nSPS) is 20.0. The van der Waals surface area contributed by atoms with Crippen LogP contribution in [-0.4, -0.2) is 72.3 Å². The monoisotopic (exact) mass is 569 g/mol. The Bertz CT molecular complexity index is 1290. The third-order valence-electron chi connectivity index (χ3n) is 8.40. The van der Waals surface area contributed by atoms with Crippen LogP contribution < -0.4 is 4.90 Å². The van der Waals surface area contributed by atoms with E-state index in [0.29, 0.717) is 31.7 Å². The Morgan fingerprint density at radius 3 is 2.02 bits per heavy atom. The van der Waals surface area contributed by atoms with Gasteiger partial charge in [0.05, 0.1) is 17.2 Å². The zero-order chi connectivity index (χ0) is 29.0. The van der Waals surface area contributed by atoms with Crippen molar-refractivity contribution in [2.75, 3.05) is 44.2 Å². The molecule has 2 heterocycles. The summed E-state index contributed by atoms with van der Waals surface area (Å²) in [6.45, 7) is 2.99. The van der Waals surface area contributed by atoms with Crippen LogP contribution >= 0.6 is 0 Å². The van der Waals surface area contributed by atoms with Crippen LogP contribution in [0, 0.1) is 0 Å². The van der Waals surface area contributed by atoms with Crippen molar-refractivity contribution in [1.82, 2.24) is 9.80 Å². The Balaban J connectivity index is 1.26. The second-order valence-corrected chi connectivity index (χ2v) is 10.9. The molecule has 218 valence electrons. The van der Waals surface area contributed by atoms with Gasteiger partial charge in [-0.05, 0) is 42.7 Å². The van der Waals surface area contributed by atoms with Gasteiger partial charge in [0.1, 0.15) is 0 Å². The molecule has 2 atom stereocenters. The number of aliphatic hydroxyl groups is 1. The molecular weight excluding hydrogens is 534 g/mol. The Hall–Kier alpha value is -3.27. The van der Waals surface area contributed by atoms with Crippen molar-refractivity contribution in [3.63, 3.8) is 0 Å².